The largest absolute Gasteiger partial charge is 0.493 e. The summed E-state index contributed by atoms with van der Waals surface area (Å²) in [5.41, 5.74) is 7.90. The number of benzene rings is 1. The van der Waals surface area contributed by atoms with Gasteiger partial charge in [-0.2, -0.15) is 0 Å². The number of hydrogen-bond donors (Lipinski definition) is 2. The van der Waals surface area contributed by atoms with Crippen molar-refractivity contribution < 1.29 is 4.74 Å². The molecular formula is C14H20ClN3O. The molecule has 0 unspecified atom stereocenters. The Hall–Kier alpha value is -1.42. The number of halogens is 1. The Morgan fingerprint density at radius 3 is 2.89 bits per heavy atom. The van der Waals surface area contributed by atoms with Gasteiger partial charge in [-0.15, -0.1) is 0 Å². The maximum Gasteiger partial charge on any atom is 0.189 e. The van der Waals surface area contributed by atoms with Gasteiger partial charge < -0.3 is 15.8 Å². The minimum Gasteiger partial charge on any atom is -0.493 e. The minimum absolute atomic E-state index is 0.0969. The number of guanidine groups is 1. The molecule has 5 heteroatoms. The monoisotopic (exact) mass is 281 g/mol. The van der Waals surface area contributed by atoms with Gasteiger partial charge in [-0.1, -0.05) is 11.6 Å². The van der Waals surface area contributed by atoms with Crippen LogP contribution in [-0.4, -0.2) is 18.1 Å². The summed E-state index contributed by atoms with van der Waals surface area (Å²) in [6, 6.07) is 3.84. The summed E-state index contributed by atoms with van der Waals surface area (Å²) >= 11 is 6.10. The molecule has 0 radical (unpaired) electrons. The van der Waals surface area contributed by atoms with Crippen molar-refractivity contribution in [1.82, 2.24) is 5.32 Å². The van der Waals surface area contributed by atoms with Crippen LogP contribution >= 0.6 is 11.6 Å². The lowest BCUT2D eigenvalue weighted by atomic mass is 10.1. The van der Waals surface area contributed by atoms with Crippen LogP contribution in [-0.2, 0) is 13.0 Å². The van der Waals surface area contributed by atoms with Crippen LogP contribution in [0.15, 0.2) is 17.1 Å². The summed E-state index contributed by atoms with van der Waals surface area (Å²) in [6.07, 6.45) is 0.905. The first-order valence-electron chi connectivity index (χ1n) is 6.37. The highest BCUT2D eigenvalue weighted by molar-refractivity contribution is 6.30. The predicted molar refractivity (Wildman–Crippen MR) is 78.9 cm³/mol. The molecule has 0 atom stereocenters. The average molecular weight is 282 g/mol. The van der Waals surface area contributed by atoms with Gasteiger partial charge in [-0.3, -0.25) is 0 Å². The number of nitrogens with two attached hydrogens (primary N) is 1. The van der Waals surface area contributed by atoms with Gasteiger partial charge in [-0.05, 0) is 38.5 Å². The van der Waals surface area contributed by atoms with E-state index in [1.54, 1.807) is 0 Å². The van der Waals surface area contributed by atoms with Crippen LogP contribution in [0, 0.1) is 0 Å². The average Bonchev–Trinajstić information content (AvgIpc) is 2.71. The van der Waals surface area contributed by atoms with Crippen molar-refractivity contribution in [1.29, 1.82) is 0 Å². The standard InChI is InChI=1S/C14H20ClN3O/c1-14(2,3)18-13(16)17-8-10-7-11(15)6-9-4-5-19-12(9)10/h6-7H,4-5,8H2,1-3H3,(H3,16,17,18). The van der Waals surface area contributed by atoms with Gasteiger partial charge >= 0.3 is 0 Å². The summed E-state index contributed by atoms with van der Waals surface area (Å²) in [5.74, 6) is 1.34. The highest BCUT2D eigenvalue weighted by Crippen LogP contribution is 2.33. The number of fused-ring (bicyclic) bond motifs is 1. The molecule has 0 spiro atoms. The molecule has 1 aromatic rings. The van der Waals surface area contributed by atoms with E-state index >= 15 is 0 Å². The quantitative estimate of drug-likeness (QED) is 0.647. The van der Waals surface area contributed by atoms with Gasteiger partial charge in [0.15, 0.2) is 5.96 Å². The number of nitrogens with one attached hydrogen (secondary N) is 1. The molecule has 0 saturated heterocycles. The Bertz CT molecular complexity index is 506. The summed E-state index contributed by atoms with van der Waals surface area (Å²) in [4.78, 5) is 4.34. The predicted octanol–water partition coefficient (Wildman–Crippen LogP) is 2.48. The van der Waals surface area contributed by atoms with Gasteiger partial charge in [0.2, 0.25) is 0 Å². The molecule has 0 aliphatic carbocycles. The Morgan fingerprint density at radius 1 is 1.47 bits per heavy atom. The lowest BCUT2D eigenvalue weighted by Crippen LogP contribution is -2.44. The summed E-state index contributed by atoms with van der Waals surface area (Å²) in [7, 11) is 0. The second-order valence-electron chi connectivity index (χ2n) is 5.73. The minimum atomic E-state index is -0.0969. The molecule has 19 heavy (non-hydrogen) atoms. The van der Waals surface area contributed by atoms with Gasteiger partial charge in [0.1, 0.15) is 5.75 Å². The first-order valence-corrected chi connectivity index (χ1v) is 6.75. The number of aliphatic imine (C=N–C) groups is 1. The zero-order valence-corrected chi connectivity index (χ0v) is 12.3. The van der Waals surface area contributed by atoms with Crippen LogP contribution in [0.4, 0.5) is 0 Å². The van der Waals surface area contributed by atoms with E-state index in [1.807, 2.05) is 32.9 Å². The summed E-state index contributed by atoms with van der Waals surface area (Å²) < 4.78 is 5.63. The molecule has 1 heterocycles. The maximum atomic E-state index is 6.10. The van der Waals surface area contributed by atoms with Crippen molar-refractivity contribution in [3.63, 3.8) is 0 Å². The third kappa shape index (κ3) is 3.77. The van der Waals surface area contributed by atoms with Gasteiger partial charge in [0.25, 0.3) is 0 Å². The Balaban J connectivity index is 2.14. The second-order valence-corrected chi connectivity index (χ2v) is 6.16. The number of ether oxygens (including phenoxy) is 1. The fraction of sp³-hybridized carbons (Fsp3) is 0.500. The zero-order valence-electron chi connectivity index (χ0n) is 11.6. The molecule has 1 aromatic carbocycles. The molecule has 1 aliphatic heterocycles. The Labute approximate surface area is 119 Å². The number of rotatable bonds is 2. The molecule has 3 N–H and O–H groups in total. The highest BCUT2D eigenvalue weighted by atomic mass is 35.5. The maximum absolute atomic E-state index is 6.10. The van der Waals surface area contributed by atoms with E-state index in [4.69, 9.17) is 22.1 Å². The second kappa shape index (κ2) is 5.29. The first kappa shape index (κ1) is 14.0. The van der Waals surface area contributed by atoms with Crippen molar-refractivity contribution >= 4 is 17.6 Å². The topological polar surface area (TPSA) is 59.6 Å². The van der Waals surface area contributed by atoms with E-state index < -0.39 is 0 Å². The van der Waals surface area contributed by atoms with Crippen LogP contribution in [0.25, 0.3) is 0 Å². The SMILES string of the molecule is CC(C)(C)NC(N)=NCc1cc(Cl)cc2c1OCC2. The van der Waals surface area contributed by atoms with Crippen molar-refractivity contribution in [3.05, 3.63) is 28.3 Å². The molecule has 4 nitrogen and oxygen atoms in total. The number of hydrogen-bond acceptors (Lipinski definition) is 2. The highest BCUT2D eigenvalue weighted by Gasteiger charge is 2.17. The third-order valence-electron chi connectivity index (χ3n) is 2.75. The van der Waals surface area contributed by atoms with Crippen LogP contribution in [0.3, 0.4) is 0 Å². The van der Waals surface area contributed by atoms with Crippen LogP contribution in [0.2, 0.25) is 5.02 Å². The van der Waals surface area contributed by atoms with Crippen molar-refractivity contribution in [3.8, 4) is 5.75 Å². The Morgan fingerprint density at radius 2 is 2.21 bits per heavy atom. The first-order chi connectivity index (χ1) is 8.85. The number of nitrogens with zero attached hydrogens (tertiary/aromatic N) is 1. The van der Waals surface area contributed by atoms with Crippen molar-refractivity contribution in [2.75, 3.05) is 6.61 Å². The molecule has 0 saturated carbocycles. The van der Waals surface area contributed by atoms with Crippen LogP contribution < -0.4 is 15.8 Å². The van der Waals surface area contributed by atoms with Gasteiger partial charge in [0.05, 0.1) is 13.2 Å². The molecular weight excluding hydrogens is 262 g/mol. The summed E-state index contributed by atoms with van der Waals surface area (Å²) in [5, 5.41) is 3.84. The van der Waals surface area contributed by atoms with E-state index in [1.165, 1.54) is 0 Å². The Kier molecular flexibility index (Phi) is 3.90. The normalized spacial score (nSPS) is 15.1. The molecule has 0 amide bonds. The molecule has 0 bridgehead atoms. The molecule has 2 rings (SSSR count). The molecule has 0 fully saturated rings. The lowest BCUT2D eigenvalue weighted by molar-refractivity contribution is 0.353. The van der Waals surface area contributed by atoms with Gasteiger partial charge in [0, 0.05) is 22.5 Å². The van der Waals surface area contributed by atoms with E-state index in [9.17, 15) is 0 Å². The zero-order chi connectivity index (χ0) is 14.0. The molecule has 104 valence electrons. The smallest absolute Gasteiger partial charge is 0.189 e. The fourth-order valence-corrected chi connectivity index (χ4v) is 2.32. The van der Waals surface area contributed by atoms with Gasteiger partial charge in [-0.25, -0.2) is 4.99 Å². The van der Waals surface area contributed by atoms with Crippen molar-refractivity contribution in [2.45, 2.75) is 39.3 Å². The fourth-order valence-electron chi connectivity index (χ4n) is 2.06. The van der Waals surface area contributed by atoms with Crippen LogP contribution in [0.5, 0.6) is 5.75 Å². The summed E-state index contributed by atoms with van der Waals surface area (Å²) in [6.45, 7) is 7.29. The van der Waals surface area contributed by atoms with Crippen LogP contribution in [0.1, 0.15) is 31.9 Å². The molecule has 0 aromatic heterocycles. The van der Waals surface area contributed by atoms with E-state index in [0.29, 0.717) is 19.1 Å². The van der Waals surface area contributed by atoms with E-state index in [0.717, 1.165) is 28.3 Å². The van der Waals surface area contributed by atoms with Crippen molar-refractivity contribution in [2.24, 2.45) is 10.7 Å². The third-order valence-corrected chi connectivity index (χ3v) is 2.97. The lowest BCUT2D eigenvalue weighted by Gasteiger charge is -2.21. The van der Waals surface area contributed by atoms with E-state index in [-0.39, 0.29) is 5.54 Å². The van der Waals surface area contributed by atoms with E-state index in [2.05, 4.69) is 10.3 Å². The molecule has 1 aliphatic rings.